The molecule has 1 amide bonds. The lowest BCUT2D eigenvalue weighted by molar-refractivity contribution is -0.385. The second kappa shape index (κ2) is 11.5. The Morgan fingerprint density at radius 1 is 1.09 bits per heavy atom. The van der Waals surface area contributed by atoms with Crippen molar-refractivity contribution in [2.24, 2.45) is 5.92 Å². The van der Waals surface area contributed by atoms with Crippen LogP contribution in [0.4, 0.5) is 24.5 Å². The molecule has 2 aromatic carbocycles. The number of ether oxygens (including phenoxy) is 3. The highest BCUT2D eigenvalue weighted by Gasteiger charge is 2.36. The number of nitrogens with one attached hydrogen (secondary N) is 1. The summed E-state index contributed by atoms with van der Waals surface area (Å²) in [6, 6.07) is 6.15. The summed E-state index contributed by atoms with van der Waals surface area (Å²) in [5, 5.41) is 12.8. The van der Waals surface area contributed by atoms with E-state index in [1.165, 1.54) is 32.2 Å². The minimum absolute atomic E-state index is 0.0315. The van der Waals surface area contributed by atoms with Gasteiger partial charge in [0.15, 0.2) is 17.6 Å². The molecule has 0 aliphatic rings. The van der Waals surface area contributed by atoms with E-state index in [0.29, 0.717) is 24.3 Å². The van der Waals surface area contributed by atoms with Gasteiger partial charge >= 0.3 is 12.1 Å². The third-order valence-corrected chi connectivity index (χ3v) is 4.78. The summed E-state index contributed by atoms with van der Waals surface area (Å²) in [5.74, 6) is -0.867. The molecule has 35 heavy (non-hydrogen) atoms. The maximum absolute atomic E-state index is 13.3. The van der Waals surface area contributed by atoms with Crippen LogP contribution in [0.15, 0.2) is 36.4 Å². The molecule has 0 radical (unpaired) electrons. The zero-order valence-corrected chi connectivity index (χ0v) is 19.5. The smallest absolute Gasteiger partial charge is 0.418 e. The van der Waals surface area contributed by atoms with Crippen LogP contribution < -0.4 is 14.8 Å². The Morgan fingerprint density at radius 3 is 2.34 bits per heavy atom. The SMILES string of the molecule is COc1cc(C(=O)OC(C)C(=O)Nc2ccc([N+](=O)[O-])cc2C(F)(F)F)ccc1OCCC(C)C. The first-order valence-electron chi connectivity index (χ1n) is 10.5. The van der Waals surface area contributed by atoms with E-state index in [1.807, 2.05) is 19.2 Å². The number of nitrogens with zero attached hydrogens (tertiary/aromatic N) is 1. The number of hydrogen-bond donors (Lipinski definition) is 1. The number of non-ortho nitro benzene ring substituents is 1. The molecular formula is C23H25F3N2O7. The molecule has 0 spiro atoms. The second-order valence-electron chi connectivity index (χ2n) is 7.92. The largest absolute Gasteiger partial charge is 0.493 e. The molecule has 1 atom stereocenters. The van der Waals surface area contributed by atoms with Gasteiger partial charge in [-0.15, -0.1) is 0 Å². The fourth-order valence-electron chi connectivity index (χ4n) is 2.82. The molecule has 0 aliphatic carbocycles. The van der Waals surface area contributed by atoms with Gasteiger partial charge in [-0.1, -0.05) is 13.8 Å². The number of benzene rings is 2. The molecule has 0 fully saturated rings. The lowest BCUT2D eigenvalue weighted by Crippen LogP contribution is -2.30. The molecule has 0 heterocycles. The van der Waals surface area contributed by atoms with Gasteiger partial charge in [-0.05, 0) is 43.5 Å². The molecule has 0 saturated heterocycles. The lowest BCUT2D eigenvalue weighted by atomic mass is 10.1. The molecule has 2 aromatic rings. The fourth-order valence-corrected chi connectivity index (χ4v) is 2.82. The Hall–Kier alpha value is -3.83. The third kappa shape index (κ3) is 7.59. The molecule has 0 aromatic heterocycles. The average Bonchev–Trinajstić information content (AvgIpc) is 2.78. The van der Waals surface area contributed by atoms with E-state index in [4.69, 9.17) is 14.2 Å². The topological polar surface area (TPSA) is 117 Å². The first kappa shape index (κ1) is 27.4. The third-order valence-electron chi connectivity index (χ3n) is 4.78. The van der Waals surface area contributed by atoms with Gasteiger partial charge in [-0.3, -0.25) is 14.9 Å². The van der Waals surface area contributed by atoms with Gasteiger partial charge in [0, 0.05) is 12.1 Å². The zero-order valence-electron chi connectivity index (χ0n) is 19.5. The van der Waals surface area contributed by atoms with Crippen molar-refractivity contribution in [1.29, 1.82) is 0 Å². The number of amides is 1. The van der Waals surface area contributed by atoms with Crippen LogP contribution in [0.25, 0.3) is 0 Å². The predicted octanol–water partition coefficient (Wildman–Crippen LogP) is 5.23. The lowest BCUT2D eigenvalue weighted by Gasteiger charge is -2.17. The number of rotatable bonds is 10. The Morgan fingerprint density at radius 2 is 1.77 bits per heavy atom. The van der Waals surface area contributed by atoms with E-state index in [2.05, 4.69) is 0 Å². The molecule has 0 bridgehead atoms. The minimum atomic E-state index is -4.97. The predicted molar refractivity (Wildman–Crippen MR) is 120 cm³/mol. The molecule has 1 N–H and O–H groups in total. The van der Waals surface area contributed by atoms with E-state index in [-0.39, 0.29) is 11.3 Å². The summed E-state index contributed by atoms with van der Waals surface area (Å²) in [6.45, 7) is 5.70. The van der Waals surface area contributed by atoms with E-state index < -0.39 is 46.0 Å². The van der Waals surface area contributed by atoms with Crippen LogP contribution in [0.3, 0.4) is 0 Å². The summed E-state index contributed by atoms with van der Waals surface area (Å²) < 4.78 is 55.9. The number of anilines is 1. The van der Waals surface area contributed by atoms with Crippen molar-refractivity contribution in [3.05, 3.63) is 57.6 Å². The molecule has 12 heteroatoms. The van der Waals surface area contributed by atoms with Crippen molar-refractivity contribution in [3.63, 3.8) is 0 Å². The maximum Gasteiger partial charge on any atom is 0.418 e. The van der Waals surface area contributed by atoms with Crippen LogP contribution >= 0.6 is 0 Å². The van der Waals surface area contributed by atoms with Crippen molar-refractivity contribution in [2.75, 3.05) is 19.0 Å². The van der Waals surface area contributed by atoms with E-state index >= 15 is 0 Å². The van der Waals surface area contributed by atoms with Crippen molar-refractivity contribution < 1.29 is 41.9 Å². The monoisotopic (exact) mass is 498 g/mol. The minimum Gasteiger partial charge on any atom is -0.493 e. The van der Waals surface area contributed by atoms with Gasteiger partial charge in [0.2, 0.25) is 0 Å². The average molecular weight is 498 g/mol. The summed E-state index contributed by atoms with van der Waals surface area (Å²) in [5.41, 5.74) is -2.87. The first-order valence-corrected chi connectivity index (χ1v) is 10.5. The van der Waals surface area contributed by atoms with Gasteiger partial charge in [0.05, 0.1) is 35.5 Å². The van der Waals surface area contributed by atoms with Gasteiger partial charge < -0.3 is 19.5 Å². The molecule has 9 nitrogen and oxygen atoms in total. The second-order valence-corrected chi connectivity index (χ2v) is 7.92. The highest BCUT2D eigenvalue weighted by Crippen LogP contribution is 2.37. The van der Waals surface area contributed by atoms with Gasteiger partial charge in [0.25, 0.3) is 11.6 Å². The highest BCUT2D eigenvalue weighted by atomic mass is 19.4. The van der Waals surface area contributed by atoms with Crippen LogP contribution in [0.1, 0.15) is 43.1 Å². The van der Waals surface area contributed by atoms with Crippen LogP contribution in [0.5, 0.6) is 11.5 Å². The Labute approximate surface area is 199 Å². The number of methoxy groups -OCH3 is 1. The van der Waals surface area contributed by atoms with Crippen LogP contribution in [-0.2, 0) is 15.7 Å². The standard InChI is InChI=1S/C23H25F3N2O7/c1-13(2)9-10-34-19-8-5-15(11-20(19)33-4)22(30)35-14(3)21(29)27-18-7-6-16(28(31)32)12-17(18)23(24,25)26/h5-8,11-14H,9-10H2,1-4H3,(H,27,29). The van der Waals surface area contributed by atoms with Crippen LogP contribution in [0, 0.1) is 16.0 Å². The summed E-state index contributed by atoms with van der Waals surface area (Å²) >= 11 is 0. The Kier molecular flexibility index (Phi) is 9.04. The molecule has 0 aliphatic heterocycles. The van der Waals surface area contributed by atoms with E-state index in [0.717, 1.165) is 18.6 Å². The number of alkyl halides is 3. The molecule has 1 unspecified atom stereocenters. The summed E-state index contributed by atoms with van der Waals surface area (Å²) in [4.78, 5) is 34.7. The number of carbonyl (C=O) groups is 2. The Balaban J connectivity index is 2.11. The number of carbonyl (C=O) groups excluding carboxylic acids is 2. The molecular weight excluding hydrogens is 473 g/mol. The molecule has 2 rings (SSSR count). The zero-order chi connectivity index (χ0) is 26.3. The molecule has 0 saturated carbocycles. The Bertz CT molecular complexity index is 1090. The maximum atomic E-state index is 13.3. The van der Waals surface area contributed by atoms with Gasteiger partial charge in [-0.2, -0.15) is 13.2 Å². The normalized spacial score (nSPS) is 12.1. The van der Waals surface area contributed by atoms with Gasteiger partial charge in [-0.25, -0.2) is 4.79 Å². The quantitative estimate of drug-likeness (QED) is 0.271. The fraction of sp³-hybridized carbons (Fsp3) is 0.391. The van der Waals surface area contributed by atoms with Crippen molar-refractivity contribution in [2.45, 2.75) is 39.5 Å². The number of hydrogen-bond acceptors (Lipinski definition) is 7. The van der Waals surface area contributed by atoms with E-state index in [1.54, 1.807) is 0 Å². The first-order chi connectivity index (χ1) is 16.3. The van der Waals surface area contributed by atoms with E-state index in [9.17, 15) is 32.9 Å². The van der Waals surface area contributed by atoms with Crippen LogP contribution in [-0.4, -0.2) is 36.6 Å². The number of nitro groups is 1. The van der Waals surface area contributed by atoms with Crippen molar-refractivity contribution >= 4 is 23.3 Å². The van der Waals surface area contributed by atoms with Crippen molar-refractivity contribution in [3.8, 4) is 11.5 Å². The van der Waals surface area contributed by atoms with Crippen molar-refractivity contribution in [1.82, 2.24) is 0 Å². The van der Waals surface area contributed by atoms with Gasteiger partial charge in [0.1, 0.15) is 0 Å². The molecule has 190 valence electrons. The number of halogens is 3. The summed E-state index contributed by atoms with van der Waals surface area (Å²) in [6.07, 6.45) is -5.64. The van der Waals surface area contributed by atoms with Crippen LogP contribution in [0.2, 0.25) is 0 Å². The number of nitro benzene ring substituents is 1. The number of esters is 1. The summed E-state index contributed by atoms with van der Waals surface area (Å²) in [7, 11) is 1.39. The highest BCUT2D eigenvalue weighted by molar-refractivity contribution is 5.98.